The molecule has 1 aromatic heterocycles. The predicted octanol–water partition coefficient (Wildman–Crippen LogP) is 2.28. The number of anilines is 1. The monoisotopic (exact) mass is 314 g/mol. The summed E-state index contributed by atoms with van der Waals surface area (Å²) in [5, 5.41) is 5.96. The van der Waals surface area contributed by atoms with E-state index in [4.69, 9.17) is 4.74 Å². The first-order chi connectivity index (χ1) is 11.2. The molecule has 6 nitrogen and oxygen atoms in total. The maximum absolute atomic E-state index is 11.7. The van der Waals surface area contributed by atoms with Gasteiger partial charge in [0.15, 0.2) is 0 Å². The number of rotatable bonds is 8. The SMILES string of the molecule is CCCNC(=O)c1cnc(NCCc2cccc(OC)c2)cn1. The zero-order valence-electron chi connectivity index (χ0n) is 13.5. The van der Waals surface area contributed by atoms with Gasteiger partial charge in [-0.15, -0.1) is 0 Å². The molecule has 1 amide bonds. The highest BCUT2D eigenvalue weighted by molar-refractivity contribution is 5.91. The lowest BCUT2D eigenvalue weighted by Gasteiger charge is -2.07. The standard InChI is InChI=1S/C17H22N4O2/c1-3-8-19-17(22)15-11-21-16(12-20-15)18-9-7-13-5-4-6-14(10-13)23-2/h4-6,10-12H,3,7-9H2,1-2H3,(H,18,21)(H,19,22). The molecule has 0 fully saturated rings. The quantitative estimate of drug-likeness (QED) is 0.782. The summed E-state index contributed by atoms with van der Waals surface area (Å²) < 4.78 is 5.20. The summed E-state index contributed by atoms with van der Waals surface area (Å²) in [4.78, 5) is 20.1. The van der Waals surface area contributed by atoms with Crippen LogP contribution in [0.15, 0.2) is 36.7 Å². The van der Waals surface area contributed by atoms with Crippen molar-refractivity contribution < 1.29 is 9.53 Å². The number of methoxy groups -OCH3 is 1. The van der Waals surface area contributed by atoms with Crippen molar-refractivity contribution in [2.45, 2.75) is 19.8 Å². The molecule has 0 saturated heterocycles. The molecule has 0 aliphatic heterocycles. The molecule has 1 heterocycles. The first-order valence-electron chi connectivity index (χ1n) is 7.70. The fourth-order valence-electron chi connectivity index (χ4n) is 2.03. The van der Waals surface area contributed by atoms with Crippen molar-refractivity contribution in [1.29, 1.82) is 0 Å². The van der Waals surface area contributed by atoms with Crippen molar-refractivity contribution in [3.05, 3.63) is 47.9 Å². The molecule has 2 N–H and O–H groups in total. The second-order valence-corrected chi connectivity index (χ2v) is 5.07. The average Bonchev–Trinajstić information content (AvgIpc) is 2.60. The summed E-state index contributed by atoms with van der Waals surface area (Å²) in [6.07, 6.45) is 4.80. The van der Waals surface area contributed by atoms with Gasteiger partial charge in [-0.2, -0.15) is 0 Å². The van der Waals surface area contributed by atoms with Gasteiger partial charge in [0.1, 0.15) is 17.3 Å². The first-order valence-corrected chi connectivity index (χ1v) is 7.70. The number of carbonyl (C=O) groups is 1. The Bertz CT molecular complexity index is 629. The fraction of sp³-hybridized carbons (Fsp3) is 0.353. The van der Waals surface area contributed by atoms with E-state index in [1.54, 1.807) is 13.3 Å². The van der Waals surface area contributed by atoms with Crippen molar-refractivity contribution in [3.8, 4) is 5.75 Å². The van der Waals surface area contributed by atoms with E-state index in [9.17, 15) is 4.79 Å². The van der Waals surface area contributed by atoms with Crippen molar-refractivity contribution >= 4 is 11.7 Å². The highest BCUT2D eigenvalue weighted by Gasteiger charge is 2.06. The minimum Gasteiger partial charge on any atom is -0.497 e. The second-order valence-electron chi connectivity index (χ2n) is 5.07. The van der Waals surface area contributed by atoms with Crippen LogP contribution in [0.4, 0.5) is 5.82 Å². The van der Waals surface area contributed by atoms with Crippen LogP contribution in [0.5, 0.6) is 5.75 Å². The normalized spacial score (nSPS) is 10.2. The molecule has 2 rings (SSSR count). The van der Waals surface area contributed by atoms with E-state index in [2.05, 4.69) is 26.7 Å². The smallest absolute Gasteiger partial charge is 0.271 e. The second kappa shape index (κ2) is 8.73. The predicted molar refractivity (Wildman–Crippen MR) is 89.8 cm³/mol. The van der Waals surface area contributed by atoms with Crippen LogP contribution in [0.3, 0.4) is 0 Å². The highest BCUT2D eigenvalue weighted by atomic mass is 16.5. The van der Waals surface area contributed by atoms with E-state index in [0.717, 1.165) is 25.1 Å². The van der Waals surface area contributed by atoms with Crippen LogP contribution < -0.4 is 15.4 Å². The van der Waals surface area contributed by atoms with Gasteiger partial charge >= 0.3 is 0 Å². The van der Waals surface area contributed by atoms with E-state index >= 15 is 0 Å². The molecular formula is C17H22N4O2. The molecule has 0 aliphatic rings. The third kappa shape index (κ3) is 5.25. The van der Waals surface area contributed by atoms with Crippen LogP contribution in [0, 0.1) is 0 Å². The van der Waals surface area contributed by atoms with Crippen LogP contribution >= 0.6 is 0 Å². The summed E-state index contributed by atoms with van der Waals surface area (Å²) >= 11 is 0. The molecular weight excluding hydrogens is 292 g/mol. The van der Waals surface area contributed by atoms with Gasteiger partial charge in [0.05, 0.1) is 19.5 Å². The third-order valence-electron chi connectivity index (χ3n) is 3.27. The average molecular weight is 314 g/mol. The molecule has 6 heteroatoms. The van der Waals surface area contributed by atoms with Crippen molar-refractivity contribution in [1.82, 2.24) is 15.3 Å². The van der Waals surface area contributed by atoms with Gasteiger partial charge in [0.25, 0.3) is 5.91 Å². The van der Waals surface area contributed by atoms with Crippen LogP contribution in [-0.4, -0.2) is 36.1 Å². The lowest BCUT2D eigenvalue weighted by molar-refractivity contribution is 0.0948. The Balaban J connectivity index is 1.83. The van der Waals surface area contributed by atoms with Crippen molar-refractivity contribution in [3.63, 3.8) is 0 Å². The zero-order valence-corrected chi connectivity index (χ0v) is 13.5. The van der Waals surface area contributed by atoms with Gasteiger partial charge < -0.3 is 15.4 Å². The molecule has 0 atom stereocenters. The van der Waals surface area contributed by atoms with Gasteiger partial charge in [-0.3, -0.25) is 4.79 Å². The molecule has 0 saturated carbocycles. The van der Waals surface area contributed by atoms with E-state index in [1.165, 1.54) is 11.8 Å². The Morgan fingerprint density at radius 3 is 2.78 bits per heavy atom. The maximum Gasteiger partial charge on any atom is 0.271 e. The molecule has 2 aromatic rings. The number of hydrogen-bond acceptors (Lipinski definition) is 5. The first kappa shape index (κ1) is 16.7. The Morgan fingerprint density at radius 2 is 2.09 bits per heavy atom. The van der Waals surface area contributed by atoms with Gasteiger partial charge in [-0.05, 0) is 30.5 Å². The molecule has 122 valence electrons. The Labute approximate surface area is 136 Å². The van der Waals surface area contributed by atoms with Crippen molar-refractivity contribution in [2.24, 2.45) is 0 Å². The fourth-order valence-corrected chi connectivity index (χ4v) is 2.03. The summed E-state index contributed by atoms with van der Waals surface area (Å²) in [5.41, 5.74) is 1.51. The molecule has 0 unspecified atom stereocenters. The summed E-state index contributed by atoms with van der Waals surface area (Å²) in [6, 6.07) is 7.95. The number of aromatic nitrogens is 2. The van der Waals surface area contributed by atoms with Crippen LogP contribution in [0.25, 0.3) is 0 Å². The Morgan fingerprint density at radius 1 is 1.22 bits per heavy atom. The largest absolute Gasteiger partial charge is 0.497 e. The molecule has 23 heavy (non-hydrogen) atoms. The third-order valence-corrected chi connectivity index (χ3v) is 3.27. The number of carbonyl (C=O) groups excluding carboxylic acids is 1. The van der Waals surface area contributed by atoms with E-state index in [-0.39, 0.29) is 5.91 Å². The molecule has 0 bridgehead atoms. The number of benzene rings is 1. The van der Waals surface area contributed by atoms with E-state index in [1.807, 2.05) is 25.1 Å². The number of ether oxygens (including phenoxy) is 1. The minimum absolute atomic E-state index is 0.192. The highest BCUT2D eigenvalue weighted by Crippen LogP contribution is 2.13. The lowest BCUT2D eigenvalue weighted by atomic mass is 10.1. The summed E-state index contributed by atoms with van der Waals surface area (Å²) in [7, 11) is 1.66. The molecule has 0 spiro atoms. The van der Waals surface area contributed by atoms with Gasteiger partial charge in [-0.1, -0.05) is 19.1 Å². The number of amides is 1. The van der Waals surface area contributed by atoms with Gasteiger partial charge in [0, 0.05) is 13.1 Å². The van der Waals surface area contributed by atoms with Gasteiger partial charge in [0.2, 0.25) is 0 Å². The maximum atomic E-state index is 11.7. The van der Waals surface area contributed by atoms with Gasteiger partial charge in [-0.25, -0.2) is 9.97 Å². The molecule has 0 aliphatic carbocycles. The number of nitrogens with one attached hydrogen (secondary N) is 2. The lowest BCUT2D eigenvalue weighted by Crippen LogP contribution is -2.25. The van der Waals surface area contributed by atoms with Crippen LogP contribution in [0.1, 0.15) is 29.4 Å². The molecule has 0 radical (unpaired) electrons. The zero-order chi connectivity index (χ0) is 16.5. The summed E-state index contributed by atoms with van der Waals surface area (Å²) in [5.74, 6) is 1.31. The van der Waals surface area contributed by atoms with E-state index in [0.29, 0.717) is 18.1 Å². The van der Waals surface area contributed by atoms with Crippen LogP contribution in [-0.2, 0) is 6.42 Å². The van der Waals surface area contributed by atoms with Crippen LogP contribution in [0.2, 0.25) is 0 Å². The van der Waals surface area contributed by atoms with E-state index < -0.39 is 0 Å². The summed E-state index contributed by atoms with van der Waals surface area (Å²) in [6.45, 7) is 3.37. The van der Waals surface area contributed by atoms with Crippen molar-refractivity contribution in [2.75, 3.05) is 25.5 Å². The Kier molecular flexibility index (Phi) is 6.35. The minimum atomic E-state index is -0.192. The number of hydrogen-bond donors (Lipinski definition) is 2. The molecule has 1 aromatic carbocycles. The number of nitrogens with zero attached hydrogens (tertiary/aromatic N) is 2. The topological polar surface area (TPSA) is 76.1 Å². The Hall–Kier alpha value is -2.63.